The number of thiocarbonyl (C=S) groups is 1. The normalized spacial score (nSPS) is 15.4. The summed E-state index contributed by atoms with van der Waals surface area (Å²) < 4.78 is 5.98. The molecule has 0 atom stereocenters. The van der Waals surface area contributed by atoms with E-state index in [1.54, 1.807) is 23.5 Å². The summed E-state index contributed by atoms with van der Waals surface area (Å²) in [5, 5.41) is 4.79. The average molecular weight is 419 g/mol. The highest BCUT2D eigenvalue weighted by Crippen LogP contribution is 2.33. The molecule has 8 heteroatoms. The minimum Gasteiger partial charge on any atom is -0.492 e. The number of anilines is 1. The van der Waals surface area contributed by atoms with Crippen LogP contribution in [0.5, 0.6) is 5.75 Å². The number of rotatable bonds is 7. The van der Waals surface area contributed by atoms with Crippen molar-refractivity contribution in [1.29, 1.82) is 0 Å². The molecule has 1 saturated heterocycles. The summed E-state index contributed by atoms with van der Waals surface area (Å²) in [6.07, 6.45) is 1.99. The Morgan fingerprint density at radius 1 is 1.30 bits per heavy atom. The van der Waals surface area contributed by atoms with Gasteiger partial charge in [-0.25, -0.2) is 0 Å². The quantitative estimate of drug-likeness (QED) is 0.534. The second kappa shape index (κ2) is 9.16. The van der Waals surface area contributed by atoms with Gasteiger partial charge in [-0.2, -0.15) is 0 Å². The molecule has 1 aromatic carbocycles. The number of thiophene rings is 1. The molecule has 1 N–H and O–H groups in total. The molecule has 0 bridgehead atoms. The van der Waals surface area contributed by atoms with E-state index in [0.717, 1.165) is 4.88 Å². The maximum absolute atomic E-state index is 12.6. The van der Waals surface area contributed by atoms with Crippen LogP contribution in [-0.4, -0.2) is 34.2 Å². The monoisotopic (exact) mass is 418 g/mol. The Bertz CT molecular complexity index is 878. The molecule has 1 aliphatic rings. The van der Waals surface area contributed by atoms with Crippen molar-refractivity contribution in [2.75, 3.05) is 18.5 Å². The zero-order chi connectivity index (χ0) is 19.2. The van der Waals surface area contributed by atoms with E-state index in [1.807, 2.05) is 42.6 Å². The van der Waals surface area contributed by atoms with Crippen LogP contribution in [0.25, 0.3) is 6.08 Å². The molecular weight excluding hydrogens is 400 g/mol. The van der Waals surface area contributed by atoms with E-state index in [2.05, 4.69) is 5.32 Å². The van der Waals surface area contributed by atoms with Crippen molar-refractivity contribution in [2.45, 2.75) is 13.3 Å². The fourth-order valence-electron chi connectivity index (χ4n) is 2.47. The number of nitrogens with one attached hydrogen (secondary N) is 1. The van der Waals surface area contributed by atoms with Crippen LogP contribution >= 0.6 is 35.3 Å². The molecule has 27 heavy (non-hydrogen) atoms. The molecule has 5 nitrogen and oxygen atoms in total. The summed E-state index contributed by atoms with van der Waals surface area (Å²) in [7, 11) is 0. The van der Waals surface area contributed by atoms with E-state index >= 15 is 0 Å². The average Bonchev–Trinajstić information content (AvgIpc) is 3.24. The number of hydrogen-bond donors (Lipinski definition) is 1. The molecule has 1 fully saturated rings. The summed E-state index contributed by atoms with van der Waals surface area (Å²) in [5.74, 6) is 0.275. The third-order valence-electron chi connectivity index (χ3n) is 3.71. The molecule has 0 aliphatic carbocycles. The molecule has 140 valence electrons. The number of benzene rings is 1. The van der Waals surface area contributed by atoms with E-state index in [0.29, 0.717) is 27.3 Å². The van der Waals surface area contributed by atoms with Crippen molar-refractivity contribution in [2.24, 2.45) is 0 Å². The number of hydrogen-bond acceptors (Lipinski definition) is 6. The third-order valence-corrected chi connectivity index (χ3v) is 5.91. The predicted molar refractivity (Wildman–Crippen MR) is 115 cm³/mol. The van der Waals surface area contributed by atoms with Crippen molar-refractivity contribution in [1.82, 2.24) is 4.90 Å². The van der Waals surface area contributed by atoms with Crippen molar-refractivity contribution in [3.8, 4) is 5.75 Å². The van der Waals surface area contributed by atoms with Gasteiger partial charge >= 0.3 is 0 Å². The number of ether oxygens (including phenoxy) is 1. The van der Waals surface area contributed by atoms with Crippen LogP contribution in [0.15, 0.2) is 46.7 Å². The molecule has 2 aromatic rings. The van der Waals surface area contributed by atoms with Crippen molar-refractivity contribution >= 4 is 63.2 Å². The minimum absolute atomic E-state index is 0.152. The number of carbonyl (C=O) groups excluding carboxylic acids is 2. The third kappa shape index (κ3) is 4.97. The molecule has 0 spiro atoms. The van der Waals surface area contributed by atoms with E-state index in [9.17, 15) is 9.59 Å². The van der Waals surface area contributed by atoms with Gasteiger partial charge in [-0.3, -0.25) is 14.5 Å². The van der Waals surface area contributed by atoms with Gasteiger partial charge in [0.1, 0.15) is 10.1 Å². The van der Waals surface area contributed by atoms with Crippen LogP contribution in [0.2, 0.25) is 0 Å². The van der Waals surface area contributed by atoms with Gasteiger partial charge in [0.15, 0.2) is 0 Å². The Kier molecular flexibility index (Phi) is 6.65. The zero-order valence-electron chi connectivity index (χ0n) is 14.6. The van der Waals surface area contributed by atoms with Gasteiger partial charge in [0, 0.05) is 17.8 Å². The van der Waals surface area contributed by atoms with Crippen LogP contribution < -0.4 is 10.1 Å². The van der Waals surface area contributed by atoms with Gasteiger partial charge in [0.25, 0.3) is 5.91 Å². The predicted octanol–water partition coefficient (Wildman–Crippen LogP) is 4.38. The van der Waals surface area contributed by atoms with Crippen molar-refractivity contribution < 1.29 is 14.3 Å². The number of carbonyl (C=O) groups is 2. The Morgan fingerprint density at radius 2 is 2.11 bits per heavy atom. The zero-order valence-corrected chi connectivity index (χ0v) is 17.1. The first-order chi connectivity index (χ1) is 13.1. The lowest BCUT2D eigenvalue weighted by atomic mass is 10.2. The van der Waals surface area contributed by atoms with Gasteiger partial charge in [0.05, 0.1) is 17.2 Å². The van der Waals surface area contributed by atoms with Gasteiger partial charge in [-0.15, -0.1) is 11.3 Å². The molecule has 3 rings (SSSR count). The highest BCUT2D eigenvalue weighted by molar-refractivity contribution is 8.26. The Balaban J connectivity index is 1.59. The topological polar surface area (TPSA) is 58.6 Å². The number of nitrogens with zero attached hydrogens (tertiary/aromatic N) is 1. The second-order valence-corrected chi connectivity index (χ2v) is 8.23. The molecule has 1 aliphatic heterocycles. The van der Waals surface area contributed by atoms with Gasteiger partial charge in [-0.05, 0) is 36.6 Å². The largest absolute Gasteiger partial charge is 0.492 e. The lowest BCUT2D eigenvalue weighted by Crippen LogP contribution is -2.31. The lowest BCUT2D eigenvalue weighted by Gasteiger charge is -2.15. The highest BCUT2D eigenvalue weighted by atomic mass is 32.2. The van der Waals surface area contributed by atoms with E-state index < -0.39 is 0 Å². The number of para-hydroxylation sites is 2. The summed E-state index contributed by atoms with van der Waals surface area (Å²) in [4.78, 5) is 27.9. The van der Waals surface area contributed by atoms with Crippen LogP contribution in [0.4, 0.5) is 5.69 Å². The molecule has 2 heterocycles. The van der Waals surface area contributed by atoms with E-state index in [4.69, 9.17) is 17.0 Å². The SMILES string of the molecule is CCOc1ccccc1NC(=O)CCN1C(=O)C(=Cc2cccs2)SC1=S. The summed E-state index contributed by atoms with van der Waals surface area (Å²) in [6.45, 7) is 2.65. The van der Waals surface area contributed by atoms with Crippen LogP contribution in [0, 0.1) is 0 Å². The molecule has 0 saturated carbocycles. The van der Waals surface area contributed by atoms with E-state index in [-0.39, 0.29) is 24.8 Å². The molecular formula is C19H18N2O3S3. The summed E-state index contributed by atoms with van der Waals surface area (Å²) in [6, 6.07) is 11.1. The Labute approximate surface area is 171 Å². The molecule has 1 aromatic heterocycles. The van der Waals surface area contributed by atoms with Gasteiger partial charge in [-0.1, -0.05) is 42.2 Å². The fraction of sp³-hybridized carbons (Fsp3) is 0.211. The first-order valence-electron chi connectivity index (χ1n) is 8.39. The van der Waals surface area contributed by atoms with E-state index in [1.165, 1.54) is 16.7 Å². The van der Waals surface area contributed by atoms with Gasteiger partial charge < -0.3 is 10.1 Å². The number of thioether (sulfide) groups is 1. The lowest BCUT2D eigenvalue weighted by molar-refractivity contribution is -0.122. The maximum Gasteiger partial charge on any atom is 0.266 e. The molecule has 0 unspecified atom stereocenters. The van der Waals surface area contributed by atoms with Crippen molar-refractivity contribution in [3.63, 3.8) is 0 Å². The van der Waals surface area contributed by atoms with Gasteiger partial charge in [0.2, 0.25) is 5.91 Å². The minimum atomic E-state index is -0.196. The molecule has 2 amide bonds. The maximum atomic E-state index is 12.6. The van der Waals surface area contributed by atoms with Crippen LogP contribution in [0.1, 0.15) is 18.2 Å². The number of amides is 2. The standard InChI is InChI=1S/C19H18N2O3S3/c1-2-24-15-8-4-3-7-14(15)20-17(22)9-10-21-18(23)16(27-19(21)25)12-13-6-5-11-26-13/h3-8,11-12H,2,9-10H2,1H3,(H,20,22). The Morgan fingerprint density at radius 3 is 2.85 bits per heavy atom. The Hall–Kier alpha value is -2.16. The first-order valence-corrected chi connectivity index (χ1v) is 10.5. The van der Waals surface area contributed by atoms with Crippen molar-refractivity contribution in [3.05, 3.63) is 51.6 Å². The first kappa shape index (κ1) is 19.6. The van der Waals surface area contributed by atoms with Crippen LogP contribution in [-0.2, 0) is 9.59 Å². The molecule has 0 radical (unpaired) electrons. The van der Waals surface area contributed by atoms with Crippen LogP contribution in [0.3, 0.4) is 0 Å². The summed E-state index contributed by atoms with van der Waals surface area (Å²) in [5.41, 5.74) is 0.618. The summed E-state index contributed by atoms with van der Waals surface area (Å²) >= 11 is 8.13. The fourth-order valence-corrected chi connectivity index (χ4v) is 4.50. The second-order valence-electron chi connectivity index (χ2n) is 5.58. The highest BCUT2D eigenvalue weighted by Gasteiger charge is 2.32. The smallest absolute Gasteiger partial charge is 0.266 e.